The number of alkyl halides is 2. The molecule has 0 saturated heterocycles. The minimum Gasteiger partial charge on any atom is -0.479 e. The average Bonchev–Trinajstić information content (AvgIpc) is 2.09. The smallest absolute Gasteiger partial charge is 0.162 e. The fourth-order valence-corrected chi connectivity index (χ4v) is 1.30. The van der Waals surface area contributed by atoms with E-state index >= 15 is 0 Å². The summed E-state index contributed by atoms with van der Waals surface area (Å²) in [4.78, 5) is 0. The van der Waals surface area contributed by atoms with Crippen molar-refractivity contribution in [2.24, 2.45) is 0 Å². The van der Waals surface area contributed by atoms with Crippen molar-refractivity contribution in [2.45, 2.75) is 0 Å². The van der Waals surface area contributed by atoms with Gasteiger partial charge in [-0.1, -0.05) is 12.1 Å². The van der Waals surface area contributed by atoms with Crippen LogP contribution in [0.5, 0.6) is 11.5 Å². The standard InChI is InChI=1S/C8H8Br2O2/c9-5-11-7-3-1-2-4-8(7)12-6-10/h1-4H,5-6H2. The Balaban J connectivity index is 2.77. The van der Waals surface area contributed by atoms with Gasteiger partial charge in [0.25, 0.3) is 0 Å². The van der Waals surface area contributed by atoms with Crippen molar-refractivity contribution in [1.29, 1.82) is 0 Å². The largest absolute Gasteiger partial charge is 0.479 e. The summed E-state index contributed by atoms with van der Waals surface area (Å²) in [5, 5.41) is 0. The van der Waals surface area contributed by atoms with E-state index in [0.29, 0.717) is 11.0 Å². The van der Waals surface area contributed by atoms with Gasteiger partial charge in [-0.2, -0.15) is 0 Å². The van der Waals surface area contributed by atoms with E-state index in [9.17, 15) is 0 Å². The van der Waals surface area contributed by atoms with E-state index in [1.165, 1.54) is 0 Å². The van der Waals surface area contributed by atoms with E-state index in [2.05, 4.69) is 31.9 Å². The number of hydrogen-bond donors (Lipinski definition) is 0. The van der Waals surface area contributed by atoms with Gasteiger partial charge in [-0.3, -0.25) is 0 Å². The fourth-order valence-electron chi connectivity index (χ4n) is 0.806. The van der Waals surface area contributed by atoms with Crippen LogP contribution in [-0.2, 0) is 0 Å². The quantitative estimate of drug-likeness (QED) is 0.795. The minimum atomic E-state index is 0.468. The van der Waals surface area contributed by atoms with Crippen molar-refractivity contribution >= 4 is 31.9 Å². The third-order valence-electron chi connectivity index (χ3n) is 1.27. The summed E-state index contributed by atoms with van der Waals surface area (Å²) in [6.07, 6.45) is 0. The molecule has 1 aromatic carbocycles. The molecule has 66 valence electrons. The molecule has 0 aromatic heterocycles. The van der Waals surface area contributed by atoms with Gasteiger partial charge in [0.15, 0.2) is 11.5 Å². The molecular weight excluding hydrogens is 288 g/mol. The van der Waals surface area contributed by atoms with Crippen molar-refractivity contribution in [3.05, 3.63) is 24.3 Å². The number of para-hydroxylation sites is 2. The van der Waals surface area contributed by atoms with E-state index in [1.54, 1.807) is 0 Å². The summed E-state index contributed by atoms with van der Waals surface area (Å²) < 4.78 is 10.5. The zero-order valence-corrected chi connectivity index (χ0v) is 9.47. The van der Waals surface area contributed by atoms with Crippen LogP contribution in [0.25, 0.3) is 0 Å². The van der Waals surface area contributed by atoms with Crippen LogP contribution in [0.1, 0.15) is 0 Å². The molecular formula is C8H8Br2O2. The first-order valence-corrected chi connectivity index (χ1v) is 5.59. The summed E-state index contributed by atoms with van der Waals surface area (Å²) in [7, 11) is 0. The van der Waals surface area contributed by atoms with Gasteiger partial charge in [-0.15, -0.1) is 0 Å². The Bertz CT molecular complexity index is 215. The highest BCUT2D eigenvalue weighted by Crippen LogP contribution is 2.26. The number of ether oxygens (including phenoxy) is 2. The molecule has 0 saturated carbocycles. The Morgan fingerprint density at radius 1 is 0.917 bits per heavy atom. The lowest BCUT2D eigenvalue weighted by Gasteiger charge is -2.08. The van der Waals surface area contributed by atoms with Gasteiger partial charge in [0.2, 0.25) is 0 Å². The molecule has 0 unspecified atom stereocenters. The lowest BCUT2D eigenvalue weighted by atomic mass is 10.3. The normalized spacial score (nSPS) is 9.50. The third-order valence-corrected chi connectivity index (χ3v) is 1.73. The molecule has 0 radical (unpaired) electrons. The Hall–Kier alpha value is -0.220. The Morgan fingerprint density at radius 2 is 1.33 bits per heavy atom. The molecule has 0 aliphatic rings. The van der Waals surface area contributed by atoms with E-state index in [-0.39, 0.29) is 0 Å². The van der Waals surface area contributed by atoms with E-state index in [4.69, 9.17) is 9.47 Å². The molecule has 4 heteroatoms. The van der Waals surface area contributed by atoms with Crippen molar-refractivity contribution in [3.63, 3.8) is 0 Å². The number of hydrogen-bond acceptors (Lipinski definition) is 2. The zero-order valence-electron chi connectivity index (χ0n) is 6.30. The topological polar surface area (TPSA) is 18.5 Å². The molecule has 0 spiro atoms. The Kier molecular flexibility index (Phi) is 4.46. The van der Waals surface area contributed by atoms with Crippen molar-refractivity contribution in [1.82, 2.24) is 0 Å². The first-order valence-electron chi connectivity index (χ1n) is 3.35. The molecule has 0 aliphatic heterocycles. The number of benzene rings is 1. The third kappa shape index (κ3) is 2.68. The van der Waals surface area contributed by atoms with Crippen molar-refractivity contribution in [3.8, 4) is 11.5 Å². The minimum absolute atomic E-state index is 0.468. The lowest BCUT2D eigenvalue weighted by Crippen LogP contribution is -1.94. The van der Waals surface area contributed by atoms with Gasteiger partial charge in [-0.05, 0) is 44.0 Å². The lowest BCUT2D eigenvalue weighted by molar-refractivity contribution is 0.339. The fraction of sp³-hybridized carbons (Fsp3) is 0.250. The molecule has 0 N–H and O–H groups in total. The van der Waals surface area contributed by atoms with Crippen LogP contribution in [0.3, 0.4) is 0 Å². The van der Waals surface area contributed by atoms with Crippen LogP contribution in [0.4, 0.5) is 0 Å². The van der Waals surface area contributed by atoms with Gasteiger partial charge in [0.1, 0.15) is 11.0 Å². The maximum absolute atomic E-state index is 5.26. The van der Waals surface area contributed by atoms with Crippen molar-refractivity contribution < 1.29 is 9.47 Å². The molecule has 0 fully saturated rings. The van der Waals surface area contributed by atoms with Crippen molar-refractivity contribution in [2.75, 3.05) is 11.0 Å². The Morgan fingerprint density at radius 3 is 1.67 bits per heavy atom. The van der Waals surface area contributed by atoms with Gasteiger partial charge in [0, 0.05) is 0 Å². The molecule has 0 atom stereocenters. The molecule has 2 nitrogen and oxygen atoms in total. The van der Waals surface area contributed by atoms with E-state index < -0.39 is 0 Å². The number of rotatable bonds is 4. The van der Waals surface area contributed by atoms with Gasteiger partial charge in [0.05, 0.1) is 0 Å². The number of halogens is 2. The maximum Gasteiger partial charge on any atom is 0.162 e. The first-order chi connectivity index (χ1) is 5.88. The highest BCUT2D eigenvalue weighted by Gasteiger charge is 2.01. The molecule has 12 heavy (non-hydrogen) atoms. The summed E-state index contributed by atoms with van der Waals surface area (Å²) in [6.45, 7) is 0. The van der Waals surface area contributed by atoms with Crippen LogP contribution >= 0.6 is 31.9 Å². The second-order valence-electron chi connectivity index (χ2n) is 1.95. The SMILES string of the molecule is BrCOc1ccccc1OCBr. The van der Waals surface area contributed by atoms with Crippen LogP contribution in [0, 0.1) is 0 Å². The van der Waals surface area contributed by atoms with Crippen LogP contribution in [0.15, 0.2) is 24.3 Å². The van der Waals surface area contributed by atoms with Crippen LogP contribution in [0.2, 0.25) is 0 Å². The van der Waals surface area contributed by atoms with E-state index in [0.717, 1.165) is 11.5 Å². The predicted octanol–water partition coefficient (Wildman–Crippen LogP) is 3.15. The van der Waals surface area contributed by atoms with Gasteiger partial charge < -0.3 is 9.47 Å². The van der Waals surface area contributed by atoms with E-state index in [1.807, 2.05) is 24.3 Å². The Labute approximate surface area is 88.1 Å². The summed E-state index contributed by atoms with van der Waals surface area (Å²) in [5.41, 5.74) is 0.936. The maximum atomic E-state index is 5.26. The molecule has 0 aliphatic carbocycles. The van der Waals surface area contributed by atoms with Crippen LogP contribution in [-0.4, -0.2) is 11.0 Å². The van der Waals surface area contributed by atoms with Crippen LogP contribution < -0.4 is 9.47 Å². The monoisotopic (exact) mass is 294 g/mol. The molecule has 0 bridgehead atoms. The van der Waals surface area contributed by atoms with Gasteiger partial charge >= 0.3 is 0 Å². The molecule has 1 aromatic rings. The molecule has 1 rings (SSSR count). The second-order valence-corrected chi connectivity index (χ2v) is 2.87. The average molecular weight is 296 g/mol. The summed E-state index contributed by atoms with van der Waals surface area (Å²) in [6, 6.07) is 7.52. The second kappa shape index (κ2) is 5.43. The highest BCUT2D eigenvalue weighted by molar-refractivity contribution is 9.09. The molecule has 0 heterocycles. The molecule has 0 amide bonds. The summed E-state index contributed by atoms with van der Waals surface area (Å²) in [5.74, 6) is 1.49. The van der Waals surface area contributed by atoms with Gasteiger partial charge in [-0.25, -0.2) is 0 Å². The zero-order chi connectivity index (χ0) is 8.81. The first kappa shape index (κ1) is 9.86. The summed E-state index contributed by atoms with van der Waals surface area (Å²) >= 11 is 6.36. The highest BCUT2D eigenvalue weighted by atomic mass is 79.9. The predicted molar refractivity (Wildman–Crippen MR) is 55.3 cm³/mol.